The van der Waals surface area contributed by atoms with Crippen LogP contribution in [0.2, 0.25) is 0 Å². The van der Waals surface area contributed by atoms with Gasteiger partial charge in [-0.1, -0.05) is 98.8 Å². The van der Waals surface area contributed by atoms with E-state index in [1.807, 2.05) is 0 Å². The minimum absolute atomic E-state index is 0.0143. The van der Waals surface area contributed by atoms with Gasteiger partial charge in [-0.3, -0.25) is 0 Å². The van der Waals surface area contributed by atoms with Gasteiger partial charge in [0, 0.05) is 21.9 Å². The van der Waals surface area contributed by atoms with E-state index < -0.39 is 0 Å². The Morgan fingerprint density at radius 3 is 1.98 bits per heavy atom. The van der Waals surface area contributed by atoms with Crippen molar-refractivity contribution in [2.75, 3.05) is 0 Å². The first kappa shape index (κ1) is 24.9. The van der Waals surface area contributed by atoms with Crippen LogP contribution in [0.4, 0.5) is 0 Å². The molecule has 1 heterocycles. The summed E-state index contributed by atoms with van der Waals surface area (Å²) in [6.45, 7) is 9.22. The van der Waals surface area contributed by atoms with Crippen molar-refractivity contribution in [3.8, 4) is 39.1 Å². The Bertz CT molecular complexity index is 2180. The molecule has 42 heavy (non-hydrogen) atoms. The molecule has 1 heteroatoms. The van der Waals surface area contributed by atoms with E-state index in [9.17, 15) is 0 Å². The quantitative estimate of drug-likeness (QED) is 0.210. The number of hydrogen-bond donors (Lipinski definition) is 0. The molecule has 0 saturated heterocycles. The summed E-state index contributed by atoms with van der Waals surface area (Å²) >= 11 is 0. The van der Waals surface area contributed by atoms with Crippen LogP contribution in [0, 0.1) is 13.8 Å². The van der Waals surface area contributed by atoms with Gasteiger partial charge in [-0.25, -0.2) is 0 Å². The minimum atomic E-state index is 0.0143. The molecule has 1 nitrogen and oxygen atoms in total. The molecule has 0 saturated carbocycles. The van der Waals surface area contributed by atoms with Gasteiger partial charge in [0.05, 0.1) is 11.0 Å². The van der Waals surface area contributed by atoms with Crippen LogP contribution in [-0.2, 0) is 5.41 Å². The summed E-state index contributed by atoms with van der Waals surface area (Å²) in [6, 6.07) is 47.1. The van der Waals surface area contributed by atoms with Gasteiger partial charge in [0.15, 0.2) is 0 Å². The Morgan fingerprint density at radius 1 is 0.452 bits per heavy atom. The number of nitrogens with zero attached hydrogens (tertiary/aromatic N) is 1. The number of fused-ring (bicyclic) bond motifs is 6. The average Bonchev–Trinajstić information content (AvgIpc) is 3.46. The van der Waals surface area contributed by atoms with Gasteiger partial charge in [-0.05, 0) is 112 Å². The molecule has 1 aromatic heterocycles. The molecule has 0 N–H and O–H groups in total. The summed E-state index contributed by atoms with van der Waals surface area (Å²) in [7, 11) is 0. The molecule has 6 aromatic carbocycles. The van der Waals surface area contributed by atoms with Crippen LogP contribution in [0.15, 0.2) is 127 Å². The monoisotopic (exact) mass is 539 g/mol. The van der Waals surface area contributed by atoms with E-state index >= 15 is 0 Å². The SMILES string of the molecule is Cc1ccc(-c2ccc3c(c2)c2ccccc2n3-c2ccccc2)cc1-c1cc2c(cc1C)C(C)(C)c1ccccc1-2. The van der Waals surface area contributed by atoms with Crippen LogP contribution in [0.25, 0.3) is 60.9 Å². The Hall–Kier alpha value is -4.88. The van der Waals surface area contributed by atoms with E-state index in [4.69, 9.17) is 0 Å². The minimum Gasteiger partial charge on any atom is -0.309 e. The predicted octanol–water partition coefficient (Wildman–Crippen LogP) is 11.0. The molecule has 0 amide bonds. The summed E-state index contributed by atoms with van der Waals surface area (Å²) in [6.07, 6.45) is 0. The second kappa shape index (κ2) is 9.06. The summed E-state index contributed by atoms with van der Waals surface area (Å²) in [4.78, 5) is 0. The third-order valence-electron chi connectivity index (χ3n) is 9.48. The third kappa shape index (κ3) is 3.56. The lowest BCUT2D eigenvalue weighted by Crippen LogP contribution is -2.15. The lowest BCUT2D eigenvalue weighted by Gasteiger charge is -2.22. The summed E-state index contributed by atoms with van der Waals surface area (Å²) in [5.41, 5.74) is 17.0. The van der Waals surface area contributed by atoms with Crippen molar-refractivity contribution < 1.29 is 0 Å². The molecule has 0 spiro atoms. The summed E-state index contributed by atoms with van der Waals surface area (Å²) < 4.78 is 2.38. The average molecular weight is 540 g/mol. The molecule has 0 bridgehead atoms. The van der Waals surface area contributed by atoms with Gasteiger partial charge < -0.3 is 4.57 Å². The van der Waals surface area contributed by atoms with Crippen molar-refractivity contribution >= 4 is 21.8 Å². The van der Waals surface area contributed by atoms with E-state index in [0.717, 1.165) is 0 Å². The number of benzene rings is 6. The van der Waals surface area contributed by atoms with Crippen LogP contribution in [0.3, 0.4) is 0 Å². The molecule has 7 aromatic rings. The Kier molecular flexibility index (Phi) is 5.37. The zero-order valence-electron chi connectivity index (χ0n) is 24.6. The van der Waals surface area contributed by atoms with Crippen molar-refractivity contribution in [1.82, 2.24) is 4.57 Å². The molecule has 202 valence electrons. The molecular weight excluding hydrogens is 506 g/mol. The van der Waals surface area contributed by atoms with Gasteiger partial charge in [-0.15, -0.1) is 0 Å². The first-order valence-corrected chi connectivity index (χ1v) is 14.9. The van der Waals surface area contributed by atoms with Gasteiger partial charge in [-0.2, -0.15) is 0 Å². The van der Waals surface area contributed by atoms with E-state index in [0.29, 0.717) is 0 Å². The topological polar surface area (TPSA) is 4.93 Å². The molecule has 1 aliphatic rings. The maximum Gasteiger partial charge on any atom is 0.0541 e. The van der Waals surface area contributed by atoms with Crippen LogP contribution in [-0.4, -0.2) is 4.57 Å². The number of aromatic nitrogens is 1. The molecule has 0 unspecified atom stereocenters. The van der Waals surface area contributed by atoms with Crippen molar-refractivity contribution in [2.24, 2.45) is 0 Å². The fourth-order valence-electron chi connectivity index (χ4n) is 7.25. The molecule has 0 radical (unpaired) electrons. The Balaban J connectivity index is 1.29. The van der Waals surface area contributed by atoms with Crippen molar-refractivity contribution in [1.29, 1.82) is 0 Å². The fraction of sp³-hybridized carbons (Fsp3) is 0.122. The second-order valence-corrected chi connectivity index (χ2v) is 12.3. The lowest BCUT2D eigenvalue weighted by molar-refractivity contribution is 0.660. The van der Waals surface area contributed by atoms with E-state index in [1.165, 1.54) is 83.1 Å². The smallest absolute Gasteiger partial charge is 0.0541 e. The predicted molar refractivity (Wildman–Crippen MR) is 179 cm³/mol. The van der Waals surface area contributed by atoms with E-state index in [2.05, 4.69) is 160 Å². The van der Waals surface area contributed by atoms with E-state index in [-0.39, 0.29) is 5.41 Å². The summed E-state index contributed by atoms with van der Waals surface area (Å²) in [5.74, 6) is 0. The van der Waals surface area contributed by atoms with Crippen LogP contribution in [0.5, 0.6) is 0 Å². The maximum atomic E-state index is 2.45. The number of aryl methyl sites for hydroxylation is 2. The molecular formula is C41H33N. The first-order valence-electron chi connectivity index (χ1n) is 14.9. The molecule has 0 fully saturated rings. The van der Waals surface area contributed by atoms with E-state index in [1.54, 1.807) is 0 Å². The largest absolute Gasteiger partial charge is 0.309 e. The van der Waals surface area contributed by atoms with Gasteiger partial charge in [0.25, 0.3) is 0 Å². The number of para-hydroxylation sites is 2. The Morgan fingerprint density at radius 2 is 1.12 bits per heavy atom. The van der Waals surface area contributed by atoms with Crippen LogP contribution >= 0.6 is 0 Å². The van der Waals surface area contributed by atoms with Crippen molar-refractivity contribution in [2.45, 2.75) is 33.1 Å². The Labute approximate surface area is 247 Å². The highest BCUT2D eigenvalue weighted by Crippen LogP contribution is 2.50. The fourth-order valence-corrected chi connectivity index (χ4v) is 7.25. The van der Waals surface area contributed by atoms with Gasteiger partial charge in [0.2, 0.25) is 0 Å². The third-order valence-corrected chi connectivity index (χ3v) is 9.48. The van der Waals surface area contributed by atoms with Gasteiger partial charge in [0.1, 0.15) is 0 Å². The second-order valence-electron chi connectivity index (χ2n) is 12.3. The summed E-state index contributed by atoms with van der Waals surface area (Å²) in [5, 5.41) is 2.56. The number of hydrogen-bond acceptors (Lipinski definition) is 0. The lowest BCUT2D eigenvalue weighted by atomic mass is 9.81. The standard InChI is InChI=1S/C41H33N/c1-26-18-19-28(23-33(26)34-25-35-31-14-8-10-16-37(31)41(3,4)38(35)22-27(34)2)29-20-21-40-36(24-29)32-15-9-11-17-39(32)42(40)30-12-6-5-7-13-30/h5-25H,1-4H3. The highest BCUT2D eigenvalue weighted by molar-refractivity contribution is 6.10. The molecule has 0 atom stereocenters. The van der Waals surface area contributed by atoms with Crippen LogP contribution < -0.4 is 0 Å². The van der Waals surface area contributed by atoms with Crippen molar-refractivity contribution in [3.05, 3.63) is 150 Å². The molecule has 1 aliphatic carbocycles. The highest BCUT2D eigenvalue weighted by atomic mass is 15.0. The van der Waals surface area contributed by atoms with Gasteiger partial charge >= 0.3 is 0 Å². The van der Waals surface area contributed by atoms with Crippen molar-refractivity contribution in [3.63, 3.8) is 0 Å². The molecule has 0 aliphatic heterocycles. The normalized spacial score (nSPS) is 13.4. The van der Waals surface area contributed by atoms with Crippen LogP contribution in [0.1, 0.15) is 36.1 Å². The molecule has 8 rings (SSSR count). The zero-order valence-corrected chi connectivity index (χ0v) is 24.6. The maximum absolute atomic E-state index is 2.45. The first-order chi connectivity index (χ1) is 20.4. The number of rotatable bonds is 3. The highest BCUT2D eigenvalue weighted by Gasteiger charge is 2.35. The zero-order chi connectivity index (χ0) is 28.6.